The fourth-order valence-electron chi connectivity index (χ4n) is 4.88. The van der Waals surface area contributed by atoms with Crippen molar-refractivity contribution >= 4 is 81.0 Å². The second-order valence-electron chi connectivity index (χ2n) is 9.61. The molecule has 0 saturated carbocycles. The fourth-order valence-corrected chi connectivity index (χ4v) is 6.21. The van der Waals surface area contributed by atoms with E-state index in [0.717, 1.165) is 16.8 Å². The number of nitrogen functional groups attached to an aromatic ring is 1. The maximum atomic E-state index is 13.8. The Morgan fingerprint density at radius 2 is 1.09 bits per heavy atom. The minimum atomic E-state index is -5.33. The largest absolute Gasteiger partial charge is 1.00 e. The van der Waals surface area contributed by atoms with Crippen LogP contribution in [-0.2, 0) is 20.2 Å². The number of anilines is 1. The van der Waals surface area contributed by atoms with Gasteiger partial charge in [-0.15, -0.1) is 20.5 Å². The van der Waals surface area contributed by atoms with Crippen LogP contribution in [0.3, 0.4) is 0 Å². The van der Waals surface area contributed by atoms with Crippen LogP contribution in [-0.4, -0.2) is 25.9 Å². The van der Waals surface area contributed by atoms with Crippen LogP contribution < -0.4 is 70.0 Å². The summed E-state index contributed by atoms with van der Waals surface area (Å²) < 4.78 is 71.7. The van der Waals surface area contributed by atoms with Crippen LogP contribution in [0.15, 0.2) is 127 Å². The molecule has 0 amide bonds. The normalized spacial score (nSPS) is 12.1. The summed E-state index contributed by atoms with van der Waals surface area (Å²) in [6.45, 7) is 0. The molecule has 0 aliphatic heterocycles. The van der Waals surface area contributed by atoms with Gasteiger partial charge in [0.25, 0.3) is 10.1 Å². The van der Waals surface area contributed by atoms with Gasteiger partial charge in [0.15, 0.2) is 0 Å². The van der Waals surface area contributed by atoms with Crippen molar-refractivity contribution in [1.29, 1.82) is 0 Å². The summed E-state index contributed by atoms with van der Waals surface area (Å²) in [5.74, 6) is -1.20. The van der Waals surface area contributed by atoms with E-state index in [1.54, 1.807) is 54.6 Å². The van der Waals surface area contributed by atoms with Gasteiger partial charge in [-0.25, -0.2) is 8.42 Å². The fraction of sp³-hybridized carbons (Fsp3) is 0. The number of nitrogens with two attached hydrogens (primary N) is 1. The van der Waals surface area contributed by atoms with E-state index in [2.05, 4.69) is 20.5 Å². The average molecular weight is 672 g/mol. The number of nitrogens with zero attached hydrogens (tertiary/aromatic N) is 4. The van der Waals surface area contributed by atoms with Crippen LogP contribution in [0.4, 0.5) is 28.4 Å². The molecule has 0 aliphatic rings. The van der Waals surface area contributed by atoms with E-state index < -0.39 is 57.9 Å². The number of benzene rings is 6. The molecule has 0 aromatic heterocycles. The maximum Gasteiger partial charge on any atom is 1.00 e. The van der Waals surface area contributed by atoms with E-state index >= 15 is 0 Å². The molecule has 6 aromatic rings. The summed E-state index contributed by atoms with van der Waals surface area (Å²) in [6, 6.07) is 26.1. The van der Waals surface area contributed by atoms with E-state index in [-0.39, 0.29) is 70.5 Å². The van der Waals surface area contributed by atoms with E-state index in [1.807, 2.05) is 30.3 Å². The summed E-state index contributed by atoms with van der Waals surface area (Å²) in [5.41, 5.74) is 5.36. The molecule has 3 N–H and O–H groups in total. The Labute approximate surface area is 307 Å². The van der Waals surface area contributed by atoms with Gasteiger partial charge >= 0.3 is 59.1 Å². The summed E-state index contributed by atoms with van der Waals surface area (Å²) >= 11 is 0. The van der Waals surface area contributed by atoms with Gasteiger partial charge in [-0.2, -0.15) is 8.42 Å². The maximum absolute atomic E-state index is 13.8. The van der Waals surface area contributed by atoms with Crippen molar-refractivity contribution in [2.75, 3.05) is 5.73 Å². The Kier molecular flexibility index (Phi) is 10.7. The molecule has 6 rings (SSSR count). The van der Waals surface area contributed by atoms with Crippen LogP contribution in [0.5, 0.6) is 5.75 Å². The van der Waals surface area contributed by atoms with Crippen molar-refractivity contribution in [3.05, 3.63) is 97.1 Å². The first-order valence-electron chi connectivity index (χ1n) is 12.8. The van der Waals surface area contributed by atoms with Crippen LogP contribution in [0.2, 0.25) is 0 Å². The number of fused-ring (bicyclic) bond motifs is 3. The average Bonchev–Trinajstić information content (AvgIpc) is 2.99. The van der Waals surface area contributed by atoms with Gasteiger partial charge in [0.2, 0.25) is 0 Å². The predicted octanol–water partition coefficient (Wildman–Crippen LogP) is 0.792. The first kappa shape index (κ1) is 35.6. The van der Waals surface area contributed by atoms with Crippen molar-refractivity contribution in [3.63, 3.8) is 0 Å². The molecule has 0 unspecified atom stereocenters. The number of hydrogen-bond acceptors (Lipinski definition) is 11. The smallest absolute Gasteiger partial charge is 0.870 e. The molecule has 0 saturated heterocycles. The predicted molar refractivity (Wildman–Crippen MR) is 162 cm³/mol. The van der Waals surface area contributed by atoms with E-state index in [4.69, 9.17) is 5.73 Å². The van der Waals surface area contributed by atoms with Crippen molar-refractivity contribution in [2.45, 2.75) is 9.79 Å². The van der Waals surface area contributed by atoms with Gasteiger partial charge in [-0.1, -0.05) is 78.5 Å². The van der Waals surface area contributed by atoms with E-state index in [1.165, 1.54) is 0 Å². The van der Waals surface area contributed by atoms with Gasteiger partial charge in [-0.3, -0.25) is 4.55 Å². The summed E-state index contributed by atoms with van der Waals surface area (Å²) in [7, 11) is -10.5. The zero-order chi connectivity index (χ0) is 31.2. The van der Waals surface area contributed by atoms with Gasteiger partial charge < -0.3 is 15.4 Å². The van der Waals surface area contributed by atoms with Crippen molar-refractivity contribution in [2.24, 2.45) is 20.5 Å². The molecule has 0 radical (unpaired) electrons. The van der Waals surface area contributed by atoms with Gasteiger partial charge in [-0.05, 0) is 35.0 Å². The molecule has 220 valence electrons. The standard InChI is InChI=1S/C30H21N5O7S2.2Na/c31-28-24(34-32-22-13-5-9-17-7-1-3-11-19(17)22)16-25(43(37,38)39)21-15-26(44(40,41)42)29(30(36)27(21)28)35-33-23-14-6-10-18-8-2-4-12-20(18)23;;/h1-16,36H,31H2,(H,37,38,39)(H,40,41,42);;/q;2*+1/p-2. The van der Waals surface area contributed by atoms with Gasteiger partial charge in [0, 0.05) is 21.5 Å². The molecule has 6 aromatic carbocycles. The molecular formula is C30H19N5Na2O7S2. The SMILES string of the molecule is Nc1c(N=Nc2cccc3ccccc23)cc(S(=O)(=O)[O-])c2cc(S(=O)(=O)O)c(N=Nc3cccc4ccccc34)c([O-])c12.[Na+].[Na+]. The minimum Gasteiger partial charge on any atom is -0.870 e. The number of azo groups is 2. The summed E-state index contributed by atoms with van der Waals surface area (Å²) in [6.07, 6.45) is 0. The first-order chi connectivity index (χ1) is 20.9. The Balaban J connectivity index is 0.00000240. The molecule has 0 spiro atoms. The zero-order valence-corrected chi connectivity index (χ0v) is 30.0. The first-order valence-corrected chi connectivity index (χ1v) is 15.6. The molecule has 0 aliphatic carbocycles. The molecule has 0 bridgehead atoms. The quantitative estimate of drug-likeness (QED) is 0.112. The van der Waals surface area contributed by atoms with Crippen molar-refractivity contribution in [1.82, 2.24) is 0 Å². The number of hydrogen-bond donors (Lipinski definition) is 2. The second kappa shape index (κ2) is 13.8. The second-order valence-corrected chi connectivity index (χ2v) is 12.3. The minimum absolute atomic E-state index is 0. The number of rotatable bonds is 6. The van der Waals surface area contributed by atoms with Crippen molar-refractivity contribution < 1.29 is 90.2 Å². The van der Waals surface area contributed by atoms with Crippen LogP contribution in [0.25, 0.3) is 32.3 Å². The Morgan fingerprint density at radius 3 is 1.61 bits per heavy atom. The van der Waals surface area contributed by atoms with Crippen LogP contribution in [0, 0.1) is 0 Å². The third kappa shape index (κ3) is 6.87. The molecule has 0 atom stereocenters. The van der Waals surface area contributed by atoms with E-state index in [9.17, 15) is 31.0 Å². The molecule has 16 heteroatoms. The summed E-state index contributed by atoms with van der Waals surface area (Å²) in [4.78, 5) is -2.05. The molecular weight excluding hydrogens is 652 g/mol. The van der Waals surface area contributed by atoms with Crippen LogP contribution >= 0.6 is 0 Å². The Bertz CT molecular complexity index is 2430. The van der Waals surface area contributed by atoms with Gasteiger partial charge in [0.1, 0.15) is 20.7 Å². The topological polar surface area (TPSA) is 210 Å². The van der Waals surface area contributed by atoms with Crippen molar-refractivity contribution in [3.8, 4) is 5.75 Å². The molecule has 46 heavy (non-hydrogen) atoms. The van der Waals surface area contributed by atoms with E-state index in [0.29, 0.717) is 22.5 Å². The zero-order valence-electron chi connectivity index (χ0n) is 24.3. The monoisotopic (exact) mass is 671 g/mol. The Morgan fingerprint density at radius 1 is 0.609 bits per heavy atom. The molecule has 0 fully saturated rings. The third-order valence-corrected chi connectivity index (χ3v) is 8.65. The molecule has 0 heterocycles. The third-order valence-electron chi connectivity index (χ3n) is 6.90. The molecule has 12 nitrogen and oxygen atoms in total. The summed E-state index contributed by atoms with van der Waals surface area (Å²) in [5, 5.41) is 31.8. The Hall–Kier alpha value is -3.28. The van der Waals surface area contributed by atoms with Crippen LogP contribution in [0.1, 0.15) is 0 Å². The van der Waals surface area contributed by atoms with Gasteiger partial charge in [0.05, 0.1) is 27.6 Å².